The highest BCUT2D eigenvalue weighted by atomic mass is 16.4. The Hall–Kier alpha value is -6.24. The van der Waals surface area contributed by atoms with Gasteiger partial charge in [-0.3, -0.25) is 29.1 Å². The number of amides is 4. The molecule has 13 heteroatoms. The van der Waals surface area contributed by atoms with Crippen molar-refractivity contribution in [2.24, 2.45) is 0 Å². The maximum absolute atomic E-state index is 12.9. The third kappa shape index (κ3) is 8.98. The molecule has 0 saturated carbocycles. The summed E-state index contributed by atoms with van der Waals surface area (Å²) in [6.07, 6.45) is 11.1. The zero-order chi connectivity index (χ0) is 36.6. The fraction of sp³-hybridized carbons (Fsp3) is 0.300. The SMILES string of the molecule is O=C(C[C@@H]1CCCN1C(=O)Cc1cccnc1)Nc1ccc(-c2nnc(-c3ccc(NC(=O)C[C@@H]4CCCN4C(=O)Cc4cccnc4)cc3)o2)cc1. The van der Waals surface area contributed by atoms with E-state index in [-0.39, 0.29) is 61.4 Å². The van der Waals surface area contributed by atoms with E-state index in [9.17, 15) is 19.2 Å². The fourth-order valence-electron chi connectivity index (χ4n) is 7.01. The normalized spacial score (nSPS) is 16.8. The average Bonchev–Trinajstić information content (AvgIpc) is 3.95. The Morgan fingerprint density at radius 2 is 1.06 bits per heavy atom. The maximum atomic E-state index is 12.9. The van der Waals surface area contributed by atoms with Gasteiger partial charge in [0, 0.05) is 85.3 Å². The number of benzene rings is 2. The van der Waals surface area contributed by atoms with Crippen LogP contribution in [-0.2, 0) is 32.0 Å². The lowest BCUT2D eigenvalue weighted by atomic mass is 10.1. The minimum Gasteiger partial charge on any atom is -0.416 e. The summed E-state index contributed by atoms with van der Waals surface area (Å²) in [5, 5.41) is 14.3. The van der Waals surface area contributed by atoms with Crippen molar-refractivity contribution in [2.45, 2.75) is 63.5 Å². The van der Waals surface area contributed by atoms with Gasteiger partial charge in [-0.2, -0.15) is 0 Å². The fourth-order valence-corrected chi connectivity index (χ4v) is 7.01. The highest BCUT2D eigenvalue weighted by Gasteiger charge is 2.31. The standard InChI is InChI=1S/C40H40N8O5/c49-35(23-33-7-3-19-47(33)37(51)21-27-5-1-17-41-25-27)43-31-13-9-29(10-14-31)39-45-46-40(53-39)30-11-15-32(16-12-30)44-36(50)24-34-8-4-20-48(34)38(52)22-28-6-2-18-42-26-28/h1-2,5-6,9-18,25-26,33-34H,3-4,7-8,19-24H2,(H,43,49)(H,44,50)/t33-,34-/m0/s1. The van der Waals surface area contributed by atoms with Crippen LogP contribution < -0.4 is 10.6 Å². The second kappa shape index (κ2) is 16.4. The number of nitrogens with one attached hydrogen (secondary N) is 2. The van der Waals surface area contributed by atoms with Gasteiger partial charge in [-0.1, -0.05) is 12.1 Å². The zero-order valence-corrected chi connectivity index (χ0v) is 29.2. The Kier molecular flexibility index (Phi) is 10.9. The second-order valence-corrected chi connectivity index (χ2v) is 13.4. The van der Waals surface area contributed by atoms with Gasteiger partial charge in [-0.15, -0.1) is 10.2 Å². The van der Waals surface area contributed by atoms with Crippen LogP contribution in [0.1, 0.15) is 49.7 Å². The van der Waals surface area contributed by atoms with E-state index < -0.39 is 0 Å². The Morgan fingerprint density at radius 1 is 0.623 bits per heavy atom. The predicted octanol–water partition coefficient (Wildman–Crippen LogP) is 5.32. The number of nitrogens with zero attached hydrogens (tertiary/aromatic N) is 6. The number of rotatable bonds is 12. The van der Waals surface area contributed by atoms with Crippen molar-refractivity contribution in [3.05, 3.63) is 109 Å². The van der Waals surface area contributed by atoms with E-state index in [0.717, 1.165) is 36.8 Å². The lowest BCUT2D eigenvalue weighted by molar-refractivity contribution is -0.133. The summed E-state index contributed by atoms with van der Waals surface area (Å²) in [4.78, 5) is 63.5. The molecule has 0 aliphatic carbocycles. The van der Waals surface area contributed by atoms with Crippen LogP contribution in [0, 0.1) is 0 Å². The number of carbonyl (C=O) groups excluding carboxylic acids is 4. The van der Waals surface area contributed by atoms with Crippen molar-refractivity contribution in [3.8, 4) is 22.9 Å². The van der Waals surface area contributed by atoms with Gasteiger partial charge < -0.3 is 24.9 Å². The van der Waals surface area contributed by atoms with E-state index in [1.165, 1.54) is 0 Å². The molecular formula is C40H40N8O5. The molecule has 3 aromatic heterocycles. The zero-order valence-electron chi connectivity index (χ0n) is 29.2. The molecule has 13 nitrogen and oxygen atoms in total. The van der Waals surface area contributed by atoms with Crippen molar-refractivity contribution < 1.29 is 23.6 Å². The third-order valence-corrected chi connectivity index (χ3v) is 9.65. The van der Waals surface area contributed by atoms with E-state index in [1.807, 2.05) is 34.1 Å². The Labute approximate surface area is 306 Å². The summed E-state index contributed by atoms with van der Waals surface area (Å²) >= 11 is 0. The highest BCUT2D eigenvalue weighted by molar-refractivity contribution is 5.93. The predicted molar refractivity (Wildman–Crippen MR) is 197 cm³/mol. The van der Waals surface area contributed by atoms with Crippen LogP contribution in [0.5, 0.6) is 0 Å². The monoisotopic (exact) mass is 712 g/mol. The second-order valence-electron chi connectivity index (χ2n) is 13.4. The molecule has 53 heavy (non-hydrogen) atoms. The number of likely N-dealkylation sites (tertiary alicyclic amines) is 2. The Morgan fingerprint density at radius 3 is 1.45 bits per heavy atom. The molecule has 5 heterocycles. The molecular weight excluding hydrogens is 672 g/mol. The first-order chi connectivity index (χ1) is 25.9. The Bertz CT molecular complexity index is 1890. The minimum absolute atomic E-state index is 0.00837. The molecule has 2 aliphatic heterocycles. The number of hydrogen-bond donors (Lipinski definition) is 2. The molecule has 2 aliphatic rings. The van der Waals surface area contributed by atoms with Crippen molar-refractivity contribution in [1.29, 1.82) is 0 Å². The smallest absolute Gasteiger partial charge is 0.248 e. The maximum Gasteiger partial charge on any atom is 0.248 e. The number of carbonyl (C=O) groups is 4. The van der Waals surface area contributed by atoms with Gasteiger partial charge in [0.1, 0.15) is 0 Å². The van der Waals surface area contributed by atoms with Crippen LogP contribution in [0.3, 0.4) is 0 Å². The van der Waals surface area contributed by atoms with Gasteiger partial charge in [0.05, 0.1) is 12.8 Å². The summed E-state index contributed by atoms with van der Waals surface area (Å²) in [7, 11) is 0. The topological polar surface area (TPSA) is 164 Å². The van der Waals surface area contributed by atoms with E-state index in [1.54, 1.807) is 73.3 Å². The molecule has 0 spiro atoms. The Balaban J connectivity index is 0.885. The van der Waals surface area contributed by atoms with E-state index in [4.69, 9.17) is 4.42 Å². The van der Waals surface area contributed by atoms with Gasteiger partial charge in [0.15, 0.2) is 0 Å². The van der Waals surface area contributed by atoms with Crippen LogP contribution >= 0.6 is 0 Å². The summed E-state index contributed by atoms with van der Waals surface area (Å²) in [6.45, 7) is 1.30. The molecule has 2 N–H and O–H groups in total. The lowest BCUT2D eigenvalue weighted by Crippen LogP contribution is -2.38. The number of aromatic nitrogens is 4. The number of hydrogen-bond acceptors (Lipinski definition) is 9. The van der Waals surface area contributed by atoms with Crippen molar-refractivity contribution >= 4 is 35.0 Å². The van der Waals surface area contributed by atoms with E-state index in [0.29, 0.717) is 47.4 Å². The quantitative estimate of drug-likeness (QED) is 0.174. The molecule has 2 fully saturated rings. The van der Waals surface area contributed by atoms with Crippen molar-refractivity contribution in [1.82, 2.24) is 30.0 Å². The van der Waals surface area contributed by atoms with Crippen LogP contribution in [0.15, 0.2) is 102 Å². The highest BCUT2D eigenvalue weighted by Crippen LogP contribution is 2.28. The first kappa shape index (κ1) is 35.2. The third-order valence-electron chi connectivity index (χ3n) is 9.65. The van der Waals surface area contributed by atoms with Gasteiger partial charge in [-0.05, 0) is 97.5 Å². The largest absolute Gasteiger partial charge is 0.416 e. The van der Waals surface area contributed by atoms with Gasteiger partial charge in [-0.25, -0.2) is 0 Å². The number of pyridine rings is 2. The minimum atomic E-state index is -0.157. The first-order valence-electron chi connectivity index (χ1n) is 17.9. The van der Waals surface area contributed by atoms with Crippen molar-refractivity contribution in [2.75, 3.05) is 23.7 Å². The molecule has 2 aromatic carbocycles. The van der Waals surface area contributed by atoms with Gasteiger partial charge in [0.2, 0.25) is 35.4 Å². The van der Waals surface area contributed by atoms with E-state index >= 15 is 0 Å². The lowest BCUT2D eigenvalue weighted by Gasteiger charge is -2.24. The van der Waals surface area contributed by atoms with Crippen LogP contribution in [0.2, 0.25) is 0 Å². The summed E-state index contributed by atoms with van der Waals surface area (Å²) < 4.78 is 5.95. The molecule has 2 atom stereocenters. The average molecular weight is 713 g/mol. The first-order valence-corrected chi connectivity index (χ1v) is 17.9. The van der Waals surface area contributed by atoms with Crippen molar-refractivity contribution in [3.63, 3.8) is 0 Å². The molecule has 270 valence electrons. The summed E-state index contributed by atoms with van der Waals surface area (Å²) in [6, 6.07) is 21.4. The number of anilines is 2. The molecule has 4 amide bonds. The molecule has 2 saturated heterocycles. The van der Waals surface area contributed by atoms with Crippen LogP contribution in [0.25, 0.3) is 22.9 Å². The molecule has 7 rings (SSSR count). The van der Waals surface area contributed by atoms with Gasteiger partial charge in [0.25, 0.3) is 0 Å². The molecule has 0 bridgehead atoms. The molecule has 5 aromatic rings. The van der Waals surface area contributed by atoms with Gasteiger partial charge >= 0.3 is 0 Å². The van der Waals surface area contributed by atoms with Crippen LogP contribution in [-0.4, -0.2) is 78.8 Å². The summed E-state index contributed by atoms with van der Waals surface area (Å²) in [5.41, 5.74) is 4.34. The summed E-state index contributed by atoms with van der Waals surface area (Å²) in [5.74, 6) is 0.348. The van der Waals surface area contributed by atoms with Crippen LogP contribution in [0.4, 0.5) is 11.4 Å². The molecule has 0 radical (unpaired) electrons. The van der Waals surface area contributed by atoms with E-state index in [2.05, 4.69) is 30.8 Å². The molecule has 0 unspecified atom stereocenters.